The molecule has 0 aliphatic heterocycles. The Hall–Kier alpha value is -1.66. The van der Waals surface area contributed by atoms with E-state index >= 15 is 0 Å². The minimum absolute atomic E-state index is 0. The van der Waals surface area contributed by atoms with Crippen molar-refractivity contribution in [2.45, 2.75) is 33.2 Å². The first kappa shape index (κ1) is 22.3. The highest BCUT2D eigenvalue weighted by Crippen LogP contribution is 2.27. The van der Waals surface area contributed by atoms with Gasteiger partial charge in [0.1, 0.15) is 17.2 Å². The van der Waals surface area contributed by atoms with E-state index in [0.29, 0.717) is 36.8 Å². The molecule has 0 saturated heterocycles. The van der Waals surface area contributed by atoms with Crippen molar-refractivity contribution >= 4 is 18.3 Å². The summed E-state index contributed by atoms with van der Waals surface area (Å²) in [4.78, 5) is 11.9. The highest BCUT2D eigenvalue weighted by molar-refractivity contribution is 5.85. The maximum atomic E-state index is 11.9. The van der Waals surface area contributed by atoms with Crippen LogP contribution in [-0.2, 0) is 4.79 Å². The van der Waals surface area contributed by atoms with Gasteiger partial charge in [0.2, 0.25) is 5.91 Å². The van der Waals surface area contributed by atoms with E-state index in [0.717, 1.165) is 0 Å². The molecule has 1 atom stereocenters. The Balaban J connectivity index is 0.00000529. The minimum Gasteiger partial charge on any atom is -0.496 e. The number of ether oxygens (including phenoxy) is 3. The molecule has 0 bridgehead atoms. The fraction of sp³-hybridized carbons (Fsp3) is 0.588. The van der Waals surface area contributed by atoms with E-state index in [2.05, 4.69) is 5.32 Å². The smallest absolute Gasteiger partial charge is 0.237 e. The van der Waals surface area contributed by atoms with E-state index in [1.54, 1.807) is 32.4 Å². The normalized spacial score (nSPS) is 11.9. The predicted molar refractivity (Wildman–Crippen MR) is 97.3 cm³/mol. The SMILES string of the molecule is COc1cc(OC)cc(OCCCNC(=O)[C@@H](N)C(C)(C)C)c1.Cl. The fourth-order valence-corrected chi connectivity index (χ4v) is 1.84. The summed E-state index contributed by atoms with van der Waals surface area (Å²) in [6, 6.07) is 4.83. The van der Waals surface area contributed by atoms with E-state index in [1.165, 1.54) is 0 Å². The van der Waals surface area contributed by atoms with Crippen LogP contribution < -0.4 is 25.3 Å². The Morgan fingerprint density at radius 1 is 1.12 bits per heavy atom. The van der Waals surface area contributed by atoms with Crippen LogP contribution in [0.25, 0.3) is 0 Å². The molecule has 0 heterocycles. The minimum atomic E-state index is -0.522. The first-order valence-electron chi connectivity index (χ1n) is 7.67. The van der Waals surface area contributed by atoms with Gasteiger partial charge in [-0.2, -0.15) is 0 Å². The Morgan fingerprint density at radius 2 is 1.62 bits per heavy atom. The zero-order valence-corrected chi connectivity index (χ0v) is 15.9. The largest absolute Gasteiger partial charge is 0.496 e. The molecule has 0 spiro atoms. The van der Waals surface area contributed by atoms with Crippen molar-refractivity contribution in [2.24, 2.45) is 11.1 Å². The average molecular weight is 361 g/mol. The molecule has 7 heteroatoms. The Kier molecular flexibility index (Phi) is 9.55. The molecule has 1 aromatic carbocycles. The third-order valence-electron chi connectivity index (χ3n) is 3.43. The quantitative estimate of drug-likeness (QED) is 0.695. The molecule has 0 radical (unpaired) electrons. The summed E-state index contributed by atoms with van der Waals surface area (Å²) in [7, 11) is 3.18. The Bertz CT molecular complexity index is 496. The zero-order chi connectivity index (χ0) is 17.5. The van der Waals surface area contributed by atoms with Gasteiger partial charge in [-0.15, -0.1) is 12.4 Å². The van der Waals surface area contributed by atoms with Crippen molar-refractivity contribution < 1.29 is 19.0 Å². The number of hydrogen-bond acceptors (Lipinski definition) is 5. The zero-order valence-electron chi connectivity index (χ0n) is 15.0. The molecule has 6 nitrogen and oxygen atoms in total. The predicted octanol–water partition coefficient (Wildman–Crippen LogP) is 2.38. The molecule has 138 valence electrons. The molecule has 24 heavy (non-hydrogen) atoms. The number of rotatable bonds is 8. The number of benzene rings is 1. The van der Waals surface area contributed by atoms with Crippen molar-refractivity contribution in [3.05, 3.63) is 18.2 Å². The molecule has 0 aliphatic carbocycles. The number of nitrogens with two attached hydrogens (primary N) is 1. The van der Waals surface area contributed by atoms with Crippen molar-refractivity contribution in [1.82, 2.24) is 5.32 Å². The number of nitrogens with one attached hydrogen (secondary N) is 1. The molecular formula is C17H29ClN2O4. The summed E-state index contributed by atoms with van der Waals surface area (Å²) in [5.74, 6) is 1.87. The second kappa shape index (κ2) is 10.3. The Labute approximate surface area is 150 Å². The third kappa shape index (κ3) is 7.27. The van der Waals surface area contributed by atoms with Crippen LogP contribution in [0.4, 0.5) is 0 Å². The topological polar surface area (TPSA) is 82.8 Å². The van der Waals surface area contributed by atoms with Gasteiger partial charge in [-0.1, -0.05) is 20.8 Å². The molecule has 0 saturated carbocycles. The second-order valence-corrected chi connectivity index (χ2v) is 6.39. The molecule has 3 N–H and O–H groups in total. The lowest BCUT2D eigenvalue weighted by Crippen LogP contribution is -2.48. The summed E-state index contributed by atoms with van der Waals surface area (Å²) in [5, 5.41) is 2.83. The average Bonchev–Trinajstić information content (AvgIpc) is 2.52. The molecule has 0 unspecified atom stereocenters. The number of methoxy groups -OCH3 is 2. The third-order valence-corrected chi connectivity index (χ3v) is 3.43. The lowest BCUT2D eigenvalue weighted by molar-refractivity contribution is -0.124. The van der Waals surface area contributed by atoms with Gasteiger partial charge < -0.3 is 25.3 Å². The number of halogens is 1. The standard InChI is InChI=1S/C17H28N2O4.ClH/c1-17(2,3)15(18)16(20)19-7-6-8-23-14-10-12(21-4)9-13(11-14)22-5;/h9-11,15H,6-8,18H2,1-5H3,(H,19,20);1H/t15-;/m1./s1. The molecule has 0 aliphatic rings. The fourth-order valence-electron chi connectivity index (χ4n) is 1.84. The highest BCUT2D eigenvalue weighted by Gasteiger charge is 2.26. The molecular weight excluding hydrogens is 332 g/mol. The van der Waals surface area contributed by atoms with Crippen molar-refractivity contribution in [1.29, 1.82) is 0 Å². The molecule has 0 fully saturated rings. The second-order valence-electron chi connectivity index (χ2n) is 6.39. The van der Waals surface area contributed by atoms with Crippen LogP contribution in [0.1, 0.15) is 27.2 Å². The van der Waals surface area contributed by atoms with E-state index in [1.807, 2.05) is 20.8 Å². The van der Waals surface area contributed by atoms with Gasteiger partial charge in [0.25, 0.3) is 0 Å². The summed E-state index contributed by atoms with van der Waals surface area (Å²) >= 11 is 0. The van der Waals surface area contributed by atoms with E-state index < -0.39 is 6.04 Å². The van der Waals surface area contributed by atoms with Crippen molar-refractivity contribution in [3.63, 3.8) is 0 Å². The van der Waals surface area contributed by atoms with E-state index in [-0.39, 0.29) is 23.7 Å². The van der Waals surface area contributed by atoms with Crippen LogP contribution in [0, 0.1) is 5.41 Å². The van der Waals surface area contributed by atoms with Gasteiger partial charge in [0.15, 0.2) is 0 Å². The first-order valence-corrected chi connectivity index (χ1v) is 7.67. The monoisotopic (exact) mass is 360 g/mol. The summed E-state index contributed by atoms with van der Waals surface area (Å²) in [6.07, 6.45) is 0.683. The first-order chi connectivity index (χ1) is 10.8. The van der Waals surface area contributed by atoms with Gasteiger partial charge in [0, 0.05) is 24.7 Å². The summed E-state index contributed by atoms with van der Waals surface area (Å²) in [6.45, 7) is 6.81. The maximum Gasteiger partial charge on any atom is 0.237 e. The number of carbonyl (C=O) groups excluding carboxylic acids is 1. The number of amides is 1. The van der Waals surface area contributed by atoms with Crippen molar-refractivity contribution in [2.75, 3.05) is 27.4 Å². The van der Waals surface area contributed by atoms with Crippen LogP contribution in [-0.4, -0.2) is 39.3 Å². The van der Waals surface area contributed by atoms with Crippen LogP contribution >= 0.6 is 12.4 Å². The lowest BCUT2D eigenvalue weighted by Gasteiger charge is -2.25. The summed E-state index contributed by atoms with van der Waals surface area (Å²) < 4.78 is 16.0. The lowest BCUT2D eigenvalue weighted by atomic mass is 9.87. The van der Waals surface area contributed by atoms with E-state index in [4.69, 9.17) is 19.9 Å². The van der Waals surface area contributed by atoms with Crippen LogP contribution in [0.15, 0.2) is 18.2 Å². The van der Waals surface area contributed by atoms with Crippen LogP contribution in [0.5, 0.6) is 17.2 Å². The number of carbonyl (C=O) groups is 1. The Morgan fingerprint density at radius 3 is 2.08 bits per heavy atom. The van der Waals surface area contributed by atoms with Gasteiger partial charge in [-0.3, -0.25) is 4.79 Å². The van der Waals surface area contributed by atoms with Crippen LogP contribution in [0.3, 0.4) is 0 Å². The van der Waals surface area contributed by atoms with Crippen LogP contribution in [0.2, 0.25) is 0 Å². The van der Waals surface area contributed by atoms with Gasteiger partial charge >= 0.3 is 0 Å². The van der Waals surface area contributed by atoms with E-state index in [9.17, 15) is 4.79 Å². The highest BCUT2D eigenvalue weighted by atomic mass is 35.5. The molecule has 1 rings (SSSR count). The van der Waals surface area contributed by atoms with Gasteiger partial charge in [-0.05, 0) is 11.8 Å². The van der Waals surface area contributed by atoms with Gasteiger partial charge in [0.05, 0.1) is 26.9 Å². The molecule has 0 aromatic heterocycles. The van der Waals surface area contributed by atoms with Gasteiger partial charge in [-0.25, -0.2) is 0 Å². The number of hydrogen-bond donors (Lipinski definition) is 2. The molecule has 1 aromatic rings. The summed E-state index contributed by atoms with van der Waals surface area (Å²) in [5.41, 5.74) is 5.64. The van der Waals surface area contributed by atoms with Crippen molar-refractivity contribution in [3.8, 4) is 17.2 Å². The molecule has 1 amide bonds. The maximum absolute atomic E-state index is 11.9.